The molecule has 3 aromatic rings. The van der Waals surface area contributed by atoms with Gasteiger partial charge in [0.1, 0.15) is 5.56 Å². The molecule has 8 heteroatoms. The summed E-state index contributed by atoms with van der Waals surface area (Å²) < 4.78 is 1.02. The second-order valence-corrected chi connectivity index (χ2v) is 6.01. The summed E-state index contributed by atoms with van der Waals surface area (Å²) in [6, 6.07) is 9.01. The minimum absolute atomic E-state index is 0.109. The zero-order chi connectivity index (χ0) is 16.9. The fourth-order valence-electron chi connectivity index (χ4n) is 2.14. The van der Waals surface area contributed by atoms with E-state index >= 15 is 0 Å². The first-order valence-corrected chi connectivity index (χ1v) is 8.06. The van der Waals surface area contributed by atoms with E-state index < -0.39 is 17.2 Å². The first-order chi connectivity index (χ1) is 11.6. The molecule has 0 aromatic carbocycles. The van der Waals surface area contributed by atoms with E-state index in [1.807, 2.05) is 23.6 Å². The predicted octanol–water partition coefficient (Wildman–Crippen LogP) is 0.971. The smallest absolute Gasteiger partial charge is 0.328 e. The van der Waals surface area contributed by atoms with E-state index in [2.05, 4.69) is 15.3 Å². The first kappa shape index (κ1) is 15.9. The lowest BCUT2D eigenvalue weighted by molar-refractivity contribution is 0.0947. The summed E-state index contributed by atoms with van der Waals surface area (Å²) in [4.78, 5) is 43.9. The van der Waals surface area contributed by atoms with Gasteiger partial charge in [0.25, 0.3) is 11.5 Å². The highest BCUT2D eigenvalue weighted by molar-refractivity contribution is 7.09. The zero-order valence-electron chi connectivity index (χ0n) is 12.6. The number of carbonyl (C=O) groups is 1. The number of hydrogen-bond acceptors (Lipinski definition) is 5. The molecule has 0 atom stereocenters. The Hall–Kier alpha value is -3.00. The Kier molecular flexibility index (Phi) is 4.66. The van der Waals surface area contributed by atoms with Crippen molar-refractivity contribution in [1.82, 2.24) is 19.9 Å². The Bertz CT molecular complexity index is 945. The summed E-state index contributed by atoms with van der Waals surface area (Å²) in [6.07, 6.45) is 2.76. The molecule has 7 nitrogen and oxygen atoms in total. The molecule has 3 heterocycles. The van der Waals surface area contributed by atoms with Crippen LogP contribution in [0.3, 0.4) is 0 Å². The monoisotopic (exact) mass is 342 g/mol. The van der Waals surface area contributed by atoms with Gasteiger partial charge in [-0.1, -0.05) is 12.1 Å². The molecule has 0 fully saturated rings. The van der Waals surface area contributed by atoms with Gasteiger partial charge in [0, 0.05) is 17.3 Å². The topological polar surface area (TPSA) is 96.8 Å². The molecular weight excluding hydrogens is 328 g/mol. The molecule has 0 radical (unpaired) electrons. The Morgan fingerprint density at radius 3 is 2.83 bits per heavy atom. The summed E-state index contributed by atoms with van der Waals surface area (Å²) >= 11 is 1.44. The maximum absolute atomic E-state index is 12.4. The number of aromatic nitrogens is 3. The second kappa shape index (κ2) is 7.05. The third kappa shape index (κ3) is 3.49. The molecule has 3 aromatic heterocycles. The van der Waals surface area contributed by atoms with Crippen LogP contribution < -0.4 is 16.6 Å². The Morgan fingerprint density at radius 1 is 1.25 bits per heavy atom. The SMILES string of the molecule is O=C(NCc1ccccn1)c1c[nH]c(=O)n(Cc2cccs2)c1=O. The van der Waals surface area contributed by atoms with Gasteiger partial charge in [0.2, 0.25) is 0 Å². The summed E-state index contributed by atoms with van der Waals surface area (Å²) in [5, 5.41) is 4.49. The van der Waals surface area contributed by atoms with Gasteiger partial charge in [0.15, 0.2) is 0 Å². The number of rotatable bonds is 5. The number of pyridine rings is 1. The summed E-state index contributed by atoms with van der Waals surface area (Å²) in [7, 11) is 0. The van der Waals surface area contributed by atoms with Crippen LogP contribution >= 0.6 is 11.3 Å². The number of nitrogens with one attached hydrogen (secondary N) is 2. The quantitative estimate of drug-likeness (QED) is 0.722. The molecule has 0 saturated carbocycles. The highest BCUT2D eigenvalue weighted by atomic mass is 32.1. The van der Waals surface area contributed by atoms with Gasteiger partial charge in [-0.05, 0) is 23.6 Å². The van der Waals surface area contributed by atoms with Crippen molar-refractivity contribution in [2.75, 3.05) is 0 Å². The Labute approximate surface area is 140 Å². The maximum atomic E-state index is 12.4. The predicted molar refractivity (Wildman–Crippen MR) is 90.2 cm³/mol. The number of H-pyrrole nitrogens is 1. The minimum atomic E-state index is -0.620. The molecule has 0 unspecified atom stereocenters. The first-order valence-electron chi connectivity index (χ1n) is 7.18. The van der Waals surface area contributed by atoms with Gasteiger partial charge in [-0.3, -0.25) is 19.1 Å². The van der Waals surface area contributed by atoms with Crippen LogP contribution in [0.5, 0.6) is 0 Å². The van der Waals surface area contributed by atoms with Gasteiger partial charge >= 0.3 is 5.69 Å². The maximum Gasteiger partial charge on any atom is 0.328 e. The number of thiophene rings is 1. The van der Waals surface area contributed by atoms with Gasteiger partial charge in [-0.15, -0.1) is 11.3 Å². The van der Waals surface area contributed by atoms with E-state index in [0.29, 0.717) is 5.69 Å². The number of carbonyl (C=O) groups excluding carboxylic acids is 1. The summed E-state index contributed by atoms with van der Waals surface area (Å²) in [6.45, 7) is 0.330. The van der Waals surface area contributed by atoms with Crippen molar-refractivity contribution < 1.29 is 4.79 Å². The van der Waals surface area contributed by atoms with E-state index in [-0.39, 0.29) is 18.7 Å². The molecular formula is C16H14N4O3S. The average molecular weight is 342 g/mol. The van der Waals surface area contributed by atoms with Gasteiger partial charge < -0.3 is 10.3 Å². The molecule has 1 amide bonds. The summed E-state index contributed by atoms with van der Waals surface area (Å²) in [5.41, 5.74) is -0.600. The van der Waals surface area contributed by atoms with E-state index in [1.165, 1.54) is 11.3 Å². The van der Waals surface area contributed by atoms with Crippen molar-refractivity contribution in [3.63, 3.8) is 0 Å². The second-order valence-electron chi connectivity index (χ2n) is 4.98. The molecule has 0 aliphatic rings. The third-order valence-corrected chi connectivity index (χ3v) is 4.22. The molecule has 24 heavy (non-hydrogen) atoms. The number of amides is 1. The molecule has 0 spiro atoms. The molecule has 0 bridgehead atoms. The van der Waals surface area contributed by atoms with Crippen LogP contribution in [0.1, 0.15) is 20.9 Å². The number of hydrogen-bond donors (Lipinski definition) is 2. The highest BCUT2D eigenvalue weighted by Gasteiger charge is 2.15. The van der Waals surface area contributed by atoms with E-state index in [9.17, 15) is 14.4 Å². The van der Waals surface area contributed by atoms with Crippen molar-refractivity contribution in [3.8, 4) is 0 Å². The van der Waals surface area contributed by atoms with Crippen LogP contribution in [0.2, 0.25) is 0 Å². The fourth-order valence-corrected chi connectivity index (χ4v) is 2.84. The average Bonchev–Trinajstić information content (AvgIpc) is 3.11. The van der Waals surface area contributed by atoms with Crippen molar-refractivity contribution in [2.45, 2.75) is 13.1 Å². The van der Waals surface area contributed by atoms with Crippen molar-refractivity contribution in [1.29, 1.82) is 0 Å². The normalized spacial score (nSPS) is 10.5. The number of aromatic amines is 1. The van der Waals surface area contributed by atoms with Gasteiger partial charge in [-0.25, -0.2) is 4.79 Å². The highest BCUT2D eigenvalue weighted by Crippen LogP contribution is 2.08. The van der Waals surface area contributed by atoms with Gasteiger partial charge in [0.05, 0.1) is 18.8 Å². The van der Waals surface area contributed by atoms with Crippen LogP contribution in [0.25, 0.3) is 0 Å². The van der Waals surface area contributed by atoms with E-state index in [4.69, 9.17) is 0 Å². The molecule has 3 rings (SSSR count). The Morgan fingerprint density at radius 2 is 2.12 bits per heavy atom. The fraction of sp³-hybridized carbons (Fsp3) is 0.125. The van der Waals surface area contributed by atoms with Gasteiger partial charge in [-0.2, -0.15) is 0 Å². The van der Waals surface area contributed by atoms with Crippen molar-refractivity contribution in [3.05, 3.63) is 85.1 Å². The van der Waals surface area contributed by atoms with Crippen molar-refractivity contribution >= 4 is 17.2 Å². The molecule has 0 aliphatic heterocycles. The lowest BCUT2D eigenvalue weighted by atomic mass is 10.3. The molecule has 122 valence electrons. The van der Waals surface area contributed by atoms with Crippen LogP contribution in [-0.2, 0) is 13.1 Å². The van der Waals surface area contributed by atoms with Crippen LogP contribution in [0.15, 0.2) is 57.7 Å². The lowest BCUT2D eigenvalue weighted by Crippen LogP contribution is -2.40. The summed E-state index contributed by atoms with van der Waals surface area (Å²) in [5.74, 6) is -0.554. The zero-order valence-corrected chi connectivity index (χ0v) is 13.4. The van der Waals surface area contributed by atoms with Crippen LogP contribution in [-0.4, -0.2) is 20.4 Å². The Balaban J connectivity index is 1.81. The molecule has 2 N–H and O–H groups in total. The minimum Gasteiger partial charge on any atom is -0.346 e. The number of nitrogens with zero attached hydrogens (tertiary/aromatic N) is 2. The van der Waals surface area contributed by atoms with E-state index in [1.54, 1.807) is 18.3 Å². The third-order valence-electron chi connectivity index (χ3n) is 3.36. The largest absolute Gasteiger partial charge is 0.346 e. The molecule has 0 saturated heterocycles. The van der Waals surface area contributed by atoms with Crippen molar-refractivity contribution in [2.24, 2.45) is 0 Å². The molecule has 0 aliphatic carbocycles. The van der Waals surface area contributed by atoms with Crippen LogP contribution in [0.4, 0.5) is 0 Å². The van der Waals surface area contributed by atoms with E-state index in [0.717, 1.165) is 15.6 Å². The van der Waals surface area contributed by atoms with Crippen LogP contribution in [0, 0.1) is 0 Å². The lowest BCUT2D eigenvalue weighted by Gasteiger charge is -2.07. The standard InChI is InChI=1S/C16H14N4O3S/c21-14(18-8-11-4-1-2-6-17-11)13-9-19-16(23)20(15(13)22)10-12-5-3-7-24-12/h1-7,9H,8,10H2,(H,18,21)(H,19,23).